The predicted octanol–water partition coefficient (Wildman–Crippen LogP) is 4.55. The highest BCUT2D eigenvalue weighted by molar-refractivity contribution is 9.10. The first-order valence-electron chi connectivity index (χ1n) is 6.35. The van der Waals surface area contributed by atoms with Gasteiger partial charge in [-0.1, -0.05) is 40.2 Å². The van der Waals surface area contributed by atoms with Crippen molar-refractivity contribution in [1.29, 1.82) is 0 Å². The van der Waals surface area contributed by atoms with Crippen molar-refractivity contribution in [2.24, 2.45) is 5.73 Å². The molecule has 0 aromatic heterocycles. The van der Waals surface area contributed by atoms with Gasteiger partial charge in [-0.25, -0.2) is 0 Å². The fraction of sp³-hybridized carbons (Fsp3) is 0.250. The molecule has 0 radical (unpaired) electrons. The van der Waals surface area contributed by atoms with Crippen molar-refractivity contribution >= 4 is 27.3 Å². The maximum absolute atomic E-state index is 6.08. The largest absolute Gasteiger partial charge is 0.344 e. The van der Waals surface area contributed by atoms with E-state index < -0.39 is 0 Å². The molecule has 0 amide bonds. The van der Waals surface area contributed by atoms with E-state index in [2.05, 4.69) is 71.2 Å². The molecule has 2 nitrogen and oxygen atoms in total. The number of aryl methyl sites for hydroxylation is 1. The average molecular weight is 319 g/mol. The molecule has 0 bridgehead atoms. The lowest BCUT2D eigenvalue weighted by atomic mass is 10.0. The third-order valence-corrected chi connectivity index (χ3v) is 3.81. The maximum atomic E-state index is 6.08. The van der Waals surface area contributed by atoms with Crippen molar-refractivity contribution in [2.45, 2.75) is 19.9 Å². The Balaban J connectivity index is 2.52. The lowest BCUT2D eigenvalue weighted by Crippen LogP contribution is -2.16. The molecule has 3 heteroatoms. The van der Waals surface area contributed by atoms with Crippen LogP contribution in [0.25, 0.3) is 0 Å². The lowest BCUT2D eigenvalue weighted by Gasteiger charge is -2.26. The van der Waals surface area contributed by atoms with E-state index in [1.807, 2.05) is 13.0 Å². The fourth-order valence-corrected chi connectivity index (χ4v) is 2.61. The standard InChI is InChI=1S/C16H19BrN2/c1-11-6-4-5-7-15(11)19(3)16-10-13(17)8-9-14(16)12(2)18/h4-10,12H,18H2,1-3H3. The average Bonchev–Trinajstić information content (AvgIpc) is 2.38. The Hall–Kier alpha value is -1.32. The second kappa shape index (κ2) is 5.76. The summed E-state index contributed by atoms with van der Waals surface area (Å²) in [6.45, 7) is 4.13. The number of nitrogens with two attached hydrogens (primary N) is 1. The van der Waals surface area contributed by atoms with E-state index >= 15 is 0 Å². The van der Waals surface area contributed by atoms with Crippen molar-refractivity contribution < 1.29 is 0 Å². The second-order valence-corrected chi connectivity index (χ2v) is 5.75. The summed E-state index contributed by atoms with van der Waals surface area (Å²) in [6, 6.07) is 14.6. The number of benzene rings is 2. The summed E-state index contributed by atoms with van der Waals surface area (Å²) in [7, 11) is 2.08. The van der Waals surface area contributed by atoms with Gasteiger partial charge in [0.05, 0.1) is 0 Å². The Morgan fingerprint density at radius 3 is 2.42 bits per heavy atom. The van der Waals surface area contributed by atoms with Gasteiger partial charge in [-0.3, -0.25) is 0 Å². The first-order chi connectivity index (χ1) is 9.00. The van der Waals surface area contributed by atoms with Crippen LogP contribution in [0.15, 0.2) is 46.9 Å². The first kappa shape index (κ1) is 14.1. The van der Waals surface area contributed by atoms with Gasteiger partial charge in [0.25, 0.3) is 0 Å². The number of hydrogen-bond donors (Lipinski definition) is 1. The van der Waals surface area contributed by atoms with Gasteiger partial charge in [-0.05, 0) is 43.2 Å². The molecule has 19 heavy (non-hydrogen) atoms. The van der Waals surface area contributed by atoms with Crippen LogP contribution in [-0.4, -0.2) is 7.05 Å². The summed E-state index contributed by atoms with van der Waals surface area (Å²) >= 11 is 3.54. The van der Waals surface area contributed by atoms with Gasteiger partial charge in [-0.15, -0.1) is 0 Å². The fourth-order valence-electron chi connectivity index (χ4n) is 2.26. The van der Waals surface area contributed by atoms with Crippen LogP contribution in [0.5, 0.6) is 0 Å². The molecule has 0 aliphatic carbocycles. The van der Waals surface area contributed by atoms with Crippen molar-refractivity contribution in [3.63, 3.8) is 0 Å². The van der Waals surface area contributed by atoms with E-state index in [-0.39, 0.29) is 6.04 Å². The monoisotopic (exact) mass is 318 g/mol. The normalized spacial score (nSPS) is 12.3. The number of nitrogens with zero attached hydrogens (tertiary/aromatic N) is 1. The SMILES string of the molecule is Cc1ccccc1N(C)c1cc(Br)ccc1C(C)N. The van der Waals surface area contributed by atoms with Gasteiger partial charge in [-0.2, -0.15) is 0 Å². The van der Waals surface area contributed by atoms with Crippen molar-refractivity contribution in [3.8, 4) is 0 Å². The summed E-state index contributed by atoms with van der Waals surface area (Å²) in [5.74, 6) is 0. The molecule has 2 rings (SSSR count). The number of halogens is 1. The highest BCUT2D eigenvalue weighted by atomic mass is 79.9. The third-order valence-electron chi connectivity index (χ3n) is 3.32. The molecule has 2 aromatic rings. The second-order valence-electron chi connectivity index (χ2n) is 4.84. The number of para-hydroxylation sites is 1. The molecule has 2 N–H and O–H groups in total. The summed E-state index contributed by atoms with van der Waals surface area (Å²) in [5.41, 5.74) is 10.8. The highest BCUT2D eigenvalue weighted by Crippen LogP contribution is 2.33. The summed E-state index contributed by atoms with van der Waals surface area (Å²) in [5, 5.41) is 0. The van der Waals surface area contributed by atoms with Gasteiger partial charge in [0.2, 0.25) is 0 Å². The minimum Gasteiger partial charge on any atom is -0.344 e. The zero-order chi connectivity index (χ0) is 14.0. The van der Waals surface area contributed by atoms with Crippen molar-refractivity contribution in [1.82, 2.24) is 0 Å². The molecule has 0 spiro atoms. The van der Waals surface area contributed by atoms with Crippen LogP contribution in [0.4, 0.5) is 11.4 Å². The Morgan fingerprint density at radius 1 is 1.11 bits per heavy atom. The number of hydrogen-bond acceptors (Lipinski definition) is 2. The number of rotatable bonds is 3. The summed E-state index contributed by atoms with van der Waals surface area (Å²) in [4.78, 5) is 2.19. The van der Waals surface area contributed by atoms with Crippen LogP contribution >= 0.6 is 15.9 Å². The van der Waals surface area contributed by atoms with Crippen LogP contribution in [-0.2, 0) is 0 Å². The smallest absolute Gasteiger partial charge is 0.0467 e. The van der Waals surface area contributed by atoms with Gasteiger partial charge < -0.3 is 10.6 Å². The van der Waals surface area contributed by atoms with Crippen molar-refractivity contribution in [2.75, 3.05) is 11.9 Å². The minimum atomic E-state index is 0.00886. The Kier molecular flexibility index (Phi) is 4.27. The van der Waals surface area contributed by atoms with E-state index in [0.29, 0.717) is 0 Å². The van der Waals surface area contributed by atoms with Crippen LogP contribution in [0.3, 0.4) is 0 Å². The molecule has 1 unspecified atom stereocenters. The molecule has 1 atom stereocenters. The molecule has 0 fully saturated rings. The van der Waals surface area contributed by atoms with Gasteiger partial charge >= 0.3 is 0 Å². The zero-order valence-corrected chi connectivity index (χ0v) is 13.1. The van der Waals surface area contributed by atoms with E-state index in [0.717, 1.165) is 15.7 Å². The molecular weight excluding hydrogens is 300 g/mol. The molecule has 100 valence electrons. The minimum absolute atomic E-state index is 0.00886. The molecule has 2 aromatic carbocycles. The third kappa shape index (κ3) is 2.99. The first-order valence-corrected chi connectivity index (χ1v) is 7.14. The molecule has 0 saturated carbocycles. The van der Waals surface area contributed by atoms with Crippen LogP contribution in [0.1, 0.15) is 24.1 Å². The van der Waals surface area contributed by atoms with E-state index in [9.17, 15) is 0 Å². The zero-order valence-electron chi connectivity index (χ0n) is 11.5. The molecule has 0 saturated heterocycles. The van der Waals surface area contributed by atoms with E-state index in [1.165, 1.54) is 11.3 Å². The van der Waals surface area contributed by atoms with Gasteiger partial charge in [0, 0.05) is 28.9 Å². The van der Waals surface area contributed by atoms with Crippen molar-refractivity contribution in [3.05, 3.63) is 58.1 Å². The summed E-state index contributed by atoms with van der Waals surface area (Å²) < 4.78 is 1.06. The highest BCUT2D eigenvalue weighted by Gasteiger charge is 2.13. The molecular formula is C16H19BrN2. The quantitative estimate of drug-likeness (QED) is 0.899. The Labute approximate surface area is 123 Å². The van der Waals surface area contributed by atoms with E-state index in [1.54, 1.807) is 0 Å². The molecule has 0 aliphatic heterocycles. The predicted molar refractivity (Wildman–Crippen MR) is 86.0 cm³/mol. The number of anilines is 2. The topological polar surface area (TPSA) is 29.3 Å². The van der Waals surface area contributed by atoms with Crippen LogP contribution in [0, 0.1) is 6.92 Å². The molecule has 0 heterocycles. The maximum Gasteiger partial charge on any atom is 0.0467 e. The Bertz CT molecular complexity index is 579. The van der Waals surface area contributed by atoms with E-state index in [4.69, 9.17) is 5.73 Å². The molecule has 0 aliphatic rings. The summed E-state index contributed by atoms with van der Waals surface area (Å²) in [6.07, 6.45) is 0. The van der Waals surface area contributed by atoms with Crippen LogP contribution < -0.4 is 10.6 Å². The van der Waals surface area contributed by atoms with Gasteiger partial charge in [0.1, 0.15) is 0 Å². The lowest BCUT2D eigenvalue weighted by molar-refractivity contribution is 0.815. The van der Waals surface area contributed by atoms with Crippen LogP contribution in [0.2, 0.25) is 0 Å². The Morgan fingerprint density at radius 2 is 1.79 bits per heavy atom. The van der Waals surface area contributed by atoms with Gasteiger partial charge in [0.15, 0.2) is 0 Å².